The van der Waals surface area contributed by atoms with Crippen LogP contribution in [0.15, 0.2) is 34.5 Å². The lowest BCUT2D eigenvalue weighted by molar-refractivity contribution is -0.385. The Labute approximate surface area is 179 Å². The van der Waals surface area contributed by atoms with Crippen LogP contribution in [0, 0.1) is 24.0 Å². The molecule has 0 unspecified atom stereocenters. The van der Waals surface area contributed by atoms with E-state index in [1.807, 2.05) is 11.8 Å². The van der Waals surface area contributed by atoms with Crippen LogP contribution in [0.5, 0.6) is 0 Å². The Hall–Kier alpha value is -2.34. The Morgan fingerprint density at radius 3 is 2.47 bits per heavy atom. The van der Waals surface area contributed by atoms with Gasteiger partial charge in [-0.15, -0.1) is 11.3 Å². The van der Waals surface area contributed by atoms with Crippen LogP contribution in [0.1, 0.15) is 16.9 Å². The zero-order valence-electron chi connectivity index (χ0n) is 16.8. The number of nitro benzene ring substituents is 1. The van der Waals surface area contributed by atoms with E-state index in [4.69, 9.17) is 0 Å². The van der Waals surface area contributed by atoms with Gasteiger partial charge in [0, 0.05) is 50.1 Å². The first-order chi connectivity index (χ1) is 14.2. The van der Waals surface area contributed by atoms with Crippen LogP contribution < -0.4 is 5.32 Å². The third-order valence-electron chi connectivity index (χ3n) is 5.07. The average molecular weight is 453 g/mol. The quantitative estimate of drug-likeness (QED) is 0.510. The third-order valence-corrected chi connectivity index (χ3v) is 8.44. The molecule has 0 spiro atoms. The molecule has 1 N–H and O–H groups in total. The highest BCUT2D eigenvalue weighted by Gasteiger charge is 2.29. The minimum absolute atomic E-state index is 0.0361. The minimum Gasteiger partial charge on any atom is -0.326 e. The standard InChI is InChI=1S/C19H24N4O5S2/c1-14-6-7-19(29-14)30(27,28)22-12-10-21(11-13-22)9-8-18(24)20-16-4-3-5-17(15(16)2)23(25)26/h3-7H,8-13H2,1-2H3,(H,20,24). The molecule has 0 atom stereocenters. The Morgan fingerprint density at radius 2 is 1.87 bits per heavy atom. The molecule has 1 fully saturated rings. The van der Waals surface area contributed by atoms with E-state index in [1.54, 1.807) is 25.1 Å². The van der Waals surface area contributed by atoms with E-state index in [-0.39, 0.29) is 18.0 Å². The zero-order chi connectivity index (χ0) is 21.9. The second kappa shape index (κ2) is 9.21. The number of benzene rings is 1. The topological polar surface area (TPSA) is 113 Å². The molecule has 0 saturated carbocycles. The van der Waals surface area contributed by atoms with Crippen molar-refractivity contribution in [3.8, 4) is 0 Å². The first-order valence-electron chi connectivity index (χ1n) is 9.51. The summed E-state index contributed by atoms with van der Waals surface area (Å²) in [5, 5.41) is 13.7. The normalized spacial score (nSPS) is 15.8. The predicted octanol–water partition coefficient (Wildman–Crippen LogP) is 2.61. The van der Waals surface area contributed by atoms with Gasteiger partial charge in [0.1, 0.15) is 4.21 Å². The number of nitro groups is 1. The SMILES string of the molecule is Cc1ccc(S(=O)(=O)N2CCN(CCC(=O)Nc3cccc([N+](=O)[O-])c3C)CC2)s1. The molecule has 9 nitrogen and oxygen atoms in total. The lowest BCUT2D eigenvalue weighted by atomic mass is 10.1. The number of nitrogens with zero attached hydrogens (tertiary/aromatic N) is 3. The predicted molar refractivity (Wildman–Crippen MR) is 115 cm³/mol. The highest BCUT2D eigenvalue weighted by atomic mass is 32.2. The van der Waals surface area contributed by atoms with Crippen molar-refractivity contribution in [2.45, 2.75) is 24.5 Å². The van der Waals surface area contributed by atoms with Gasteiger partial charge in [0.2, 0.25) is 5.91 Å². The van der Waals surface area contributed by atoms with Crippen LogP contribution in [0.4, 0.5) is 11.4 Å². The number of carbonyl (C=O) groups is 1. The van der Waals surface area contributed by atoms with Crippen molar-refractivity contribution in [2.24, 2.45) is 0 Å². The second-order valence-electron chi connectivity index (χ2n) is 7.12. The number of thiophene rings is 1. The van der Waals surface area contributed by atoms with Gasteiger partial charge in [-0.1, -0.05) is 6.07 Å². The number of carbonyl (C=O) groups excluding carboxylic acids is 1. The van der Waals surface area contributed by atoms with Gasteiger partial charge < -0.3 is 10.2 Å². The number of hydrogen-bond donors (Lipinski definition) is 1. The molecular formula is C19H24N4O5S2. The molecule has 1 aromatic heterocycles. The fourth-order valence-corrected chi connectivity index (χ4v) is 6.16. The van der Waals surface area contributed by atoms with Crippen molar-refractivity contribution in [3.63, 3.8) is 0 Å². The monoisotopic (exact) mass is 452 g/mol. The molecule has 2 heterocycles. The lowest BCUT2D eigenvalue weighted by Gasteiger charge is -2.33. The van der Waals surface area contributed by atoms with E-state index in [0.29, 0.717) is 48.2 Å². The summed E-state index contributed by atoms with van der Waals surface area (Å²) in [6.45, 7) is 5.82. The summed E-state index contributed by atoms with van der Waals surface area (Å²) in [5.74, 6) is -0.234. The number of anilines is 1. The third kappa shape index (κ3) is 5.04. The number of hydrogen-bond acceptors (Lipinski definition) is 7. The van der Waals surface area contributed by atoms with Gasteiger partial charge in [0.05, 0.1) is 16.2 Å². The molecule has 0 bridgehead atoms. The Morgan fingerprint density at radius 1 is 1.17 bits per heavy atom. The second-order valence-corrected chi connectivity index (χ2v) is 10.6. The minimum atomic E-state index is -3.46. The zero-order valence-corrected chi connectivity index (χ0v) is 18.5. The molecule has 1 aliphatic rings. The van der Waals surface area contributed by atoms with Gasteiger partial charge in [-0.3, -0.25) is 14.9 Å². The van der Waals surface area contributed by atoms with Gasteiger partial charge in [0.25, 0.3) is 15.7 Å². The maximum absolute atomic E-state index is 12.7. The first kappa shape index (κ1) is 22.3. The fourth-order valence-electron chi connectivity index (χ4n) is 3.30. The summed E-state index contributed by atoms with van der Waals surface area (Å²) in [6.07, 6.45) is 0.221. The Kier molecular flexibility index (Phi) is 6.86. The largest absolute Gasteiger partial charge is 0.326 e. The maximum atomic E-state index is 12.7. The smallest absolute Gasteiger partial charge is 0.274 e. The molecule has 1 amide bonds. The van der Waals surface area contributed by atoms with Crippen molar-refractivity contribution in [3.05, 3.63) is 50.9 Å². The maximum Gasteiger partial charge on any atom is 0.274 e. The molecule has 30 heavy (non-hydrogen) atoms. The fraction of sp³-hybridized carbons (Fsp3) is 0.421. The van der Waals surface area contributed by atoms with Crippen LogP contribution in [0.2, 0.25) is 0 Å². The van der Waals surface area contributed by atoms with E-state index in [9.17, 15) is 23.3 Å². The molecule has 11 heteroatoms. The van der Waals surface area contributed by atoms with E-state index >= 15 is 0 Å². The van der Waals surface area contributed by atoms with Crippen LogP contribution >= 0.6 is 11.3 Å². The first-order valence-corrected chi connectivity index (χ1v) is 11.8. The van der Waals surface area contributed by atoms with Crippen molar-refractivity contribution in [2.75, 3.05) is 38.0 Å². The van der Waals surface area contributed by atoms with Crippen LogP contribution in [-0.4, -0.2) is 61.2 Å². The molecule has 2 aromatic rings. The summed E-state index contributed by atoms with van der Waals surface area (Å²) < 4.78 is 27.2. The van der Waals surface area contributed by atoms with Crippen LogP contribution in [-0.2, 0) is 14.8 Å². The molecular weight excluding hydrogens is 428 g/mol. The van der Waals surface area contributed by atoms with E-state index in [0.717, 1.165) is 4.88 Å². The van der Waals surface area contributed by atoms with Gasteiger partial charge >= 0.3 is 0 Å². The molecule has 1 aromatic carbocycles. The van der Waals surface area contributed by atoms with E-state index in [2.05, 4.69) is 5.32 Å². The summed E-state index contributed by atoms with van der Waals surface area (Å²) in [4.78, 5) is 25.8. The molecule has 0 aliphatic carbocycles. The molecule has 3 rings (SSSR count). The van der Waals surface area contributed by atoms with Crippen molar-refractivity contribution >= 4 is 38.6 Å². The highest BCUT2D eigenvalue weighted by Crippen LogP contribution is 2.26. The number of piperazine rings is 1. The summed E-state index contributed by atoms with van der Waals surface area (Å²) in [6, 6.07) is 8.01. The van der Waals surface area contributed by atoms with Crippen molar-refractivity contribution in [1.29, 1.82) is 0 Å². The lowest BCUT2D eigenvalue weighted by Crippen LogP contribution is -2.48. The molecule has 162 valence electrons. The van der Waals surface area contributed by atoms with Gasteiger partial charge in [-0.25, -0.2) is 8.42 Å². The Bertz CT molecular complexity index is 1040. The average Bonchev–Trinajstić information content (AvgIpc) is 3.15. The molecule has 1 aliphatic heterocycles. The number of amides is 1. The number of aryl methyl sites for hydroxylation is 1. The van der Waals surface area contributed by atoms with Gasteiger partial charge in [-0.05, 0) is 32.0 Å². The van der Waals surface area contributed by atoms with Crippen LogP contribution in [0.25, 0.3) is 0 Å². The van der Waals surface area contributed by atoms with Gasteiger partial charge in [-0.2, -0.15) is 4.31 Å². The van der Waals surface area contributed by atoms with Crippen molar-refractivity contribution in [1.82, 2.24) is 9.21 Å². The summed E-state index contributed by atoms with van der Waals surface area (Å²) >= 11 is 1.27. The van der Waals surface area contributed by atoms with Gasteiger partial charge in [0.15, 0.2) is 0 Å². The molecule has 1 saturated heterocycles. The number of nitrogens with one attached hydrogen (secondary N) is 1. The highest BCUT2D eigenvalue weighted by molar-refractivity contribution is 7.91. The van der Waals surface area contributed by atoms with Crippen molar-refractivity contribution < 1.29 is 18.1 Å². The summed E-state index contributed by atoms with van der Waals surface area (Å²) in [5.41, 5.74) is 0.806. The van der Waals surface area contributed by atoms with E-state index < -0.39 is 14.9 Å². The number of sulfonamides is 1. The Balaban J connectivity index is 1.50. The summed E-state index contributed by atoms with van der Waals surface area (Å²) in [7, 11) is -3.46. The van der Waals surface area contributed by atoms with E-state index in [1.165, 1.54) is 27.8 Å². The van der Waals surface area contributed by atoms with Crippen LogP contribution in [0.3, 0.4) is 0 Å². The number of rotatable bonds is 7. The molecule has 0 radical (unpaired) electrons.